The van der Waals surface area contributed by atoms with Gasteiger partial charge in [0.25, 0.3) is 5.91 Å². The Balaban J connectivity index is 1.76. The van der Waals surface area contributed by atoms with E-state index in [1.165, 1.54) is 6.08 Å². The van der Waals surface area contributed by atoms with Crippen molar-refractivity contribution in [2.45, 2.75) is 13.5 Å². The Bertz CT molecular complexity index is 1160. The first-order valence-corrected chi connectivity index (χ1v) is 11.2. The second-order valence-electron chi connectivity index (χ2n) is 6.72. The van der Waals surface area contributed by atoms with Crippen molar-refractivity contribution >= 4 is 61.1 Å². The lowest BCUT2D eigenvalue weighted by Gasteiger charge is -2.12. The van der Waals surface area contributed by atoms with Crippen molar-refractivity contribution in [3.8, 4) is 11.8 Å². The number of carbonyl (C=O) groups is 1. The molecule has 0 aliphatic carbocycles. The summed E-state index contributed by atoms with van der Waals surface area (Å²) in [5.74, 6) is 0.000338. The zero-order valence-electron chi connectivity index (χ0n) is 16.5. The van der Waals surface area contributed by atoms with Gasteiger partial charge in [0, 0.05) is 10.2 Å². The van der Waals surface area contributed by atoms with Crippen molar-refractivity contribution in [3.63, 3.8) is 0 Å². The molecule has 4 nitrogen and oxygen atoms in total. The minimum atomic E-state index is -0.490. The fourth-order valence-electron chi connectivity index (χ4n) is 2.77. The van der Waals surface area contributed by atoms with Crippen LogP contribution in [0.25, 0.3) is 6.08 Å². The average molecular weight is 561 g/mol. The lowest BCUT2D eigenvalue weighted by atomic mass is 10.1. The van der Waals surface area contributed by atoms with Gasteiger partial charge in [-0.05, 0) is 82.0 Å². The van der Waals surface area contributed by atoms with Crippen LogP contribution in [0.4, 0.5) is 5.69 Å². The number of halogens is 3. The molecule has 0 saturated heterocycles. The minimum Gasteiger partial charge on any atom is -0.486 e. The topological polar surface area (TPSA) is 62.1 Å². The van der Waals surface area contributed by atoms with E-state index in [2.05, 4.69) is 37.2 Å². The summed E-state index contributed by atoms with van der Waals surface area (Å²) >= 11 is 13.3. The van der Waals surface area contributed by atoms with E-state index >= 15 is 0 Å². The first kappa shape index (κ1) is 23.1. The van der Waals surface area contributed by atoms with E-state index in [1.807, 2.05) is 55.5 Å². The van der Waals surface area contributed by atoms with Gasteiger partial charge in [-0.3, -0.25) is 4.79 Å². The molecular formula is C24H17Br2ClN2O2. The summed E-state index contributed by atoms with van der Waals surface area (Å²) in [6, 6.07) is 20.5. The van der Waals surface area contributed by atoms with Crippen LogP contribution < -0.4 is 10.1 Å². The summed E-state index contributed by atoms with van der Waals surface area (Å²) in [4.78, 5) is 12.5. The summed E-state index contributed by atoms with van der Waals surface area (Å²) in [5.41, 5.74) is 3.20. The van der Waals surface area contributed by atoms with Crippen molar-refractivity contribution in [2.24, 2.45) is 0 Å². The molecule has 0 radical (unpaired) electrons. The van der Waals surface area contributed by atoms with Crippen LogP contribution in [0.2, 0.25) is 5.02 Å². The van der Waals surface area contributed by atoms with Crippen LogP contribution in [0, 0.1) is 18.3 Å². The molecular weight excluding hydrogens is 544 g/mol. The highest BCUT2D eigenvalue weighted by Crippen LogP contribution is 2.35. The molecule has 3 aromatic carbocycles. The van der Waals surface area contributed by atoms with Crippen LogP contribution in [0.3, 0.4) is 0 Å². The highest BCUT2D eigenvalue weighted by atomic mass is 79.9. The Kier molecular flexibility index (Phi) is 7.91. The van der Waals surface area contributed by atoms with E-state index in [0.717, 1.165) is 15.6 Å². The quantitative estimate of drug-likeness (QED) is 0.254. The molecule has 31 heavy (non-hydrogen) atoms. The molecule has 3 rings (SSSR count). The number of nitrogens with one attached hydrogen (secondary N) is 1. The van der Waals surface area contributed by atoms with Crippen molar-refractivity contribution in [1.82, 2.24) is 0 Å². The first-order valence-electron chi connectivity index (χ1n) is 9.22. The third-order valence-corrected chi connectivity index (χ3v) is 5.67. The summed E-state index contributed by atoms with van der Waals surface area (Å²) in [5, 5.41) is 12.6. The predicted molar refractivity (Wildman–Crippen MR) is 131 cm³/mol. The molecule has 0 bridgehead atoms. The van der Waals surface area contributed by atoms with Crippen LogP contribution in [0.15, 0.2) is 75.2 Å². The molecule has 0 aliphatic rings. The number of amides is 1. The van der Waals surface area contributed by atoms with E-state index in [4.69, 9.17) is 16.3 Å². The van der Waals surface area contributed by atoms with Crippen LogP contribution >= 0.6 is 43.5 Å². The molecule has 0 atom stereocenters. The van der Waals surface area contributed by atoms with E-state index in [9.17, 15) is 10.1 Å². The fraction of sp³-hybridized carbons (Fsp3) is 0.0833. The van der Waals surface area contributed by atoms with Gasteiger partial charge in [-0.1, -0.05) is 51.8 Å². The van der Waals surface area contributed by atoms with Crippen molar-refractivity contribution in [2.75, 3.05) is 5.32 Å². The van der Waals surface area contributed by atoms with E-state index in [-0.39, 0.29) is 5.57 Å². The largest absolute Gasteiger partial charge is 0.486 e. The van der Waals surface area contributed by atoms with Crippen LogP contribution in [-0.2, 0) is 11.4 Å². The second-order valence-corrected chi connectivity index (χ2v) is 8.90. The molecule has 156 valence electrons. The van der Waals surface area contributed by atoms with Gasteiger partial charge in [0.05, 0.1) is 9.50 Å². The van der Waals surface area contributed by atoms with Crippen molar-refractivity contribution < 1.29 is 9.53 Å². The summed E-state index contributed by atoms with van der Waals surface area (Å²) in [7, 11) is 0. The molecule has 0 unspecified atom stereocenters. The highest BCUT2D eigenvalue weighted by Gasteiger charge is 2.13. The number of hydrogen-bond donors (Lipinski definition) is 1. The second kappa shape index (κ2) is 10.6. The normalized spacial score (nSPS) is 11.0. The molecule has 1 N–H and O–H groups in total. The fourth-order valence-corrected chi connectivity index (χ4v) is 4.03. The predicted octanol–water partition coefficient (Wildman–Crippen LogP) is 7.30. The van der Waals surface area contributed by atoms with Gasteiger partial charge in [-0.25, -0.2) is 0 Å². The number of hydrogen-bond acceptors (Lipinski definition) is 3. The van der Waals surface area contributed by atoms with Gasteiger partial charge in [0.1, 0.15) is 18.2 Å². The van der Waals surface area contributed by atoms with Gasteiger partial charge in [-0.2, -0.15) is 5.26 Å². The van der Waals surface area contributed by atoms with Gasteiger partial charge in [0.2, 0.25) is 0 Å². The number of benzene rings is 3. The zero-order valence-corrected chi connectivity index (χ0v) is 20.4. The third kappa shape index (κ3) is 6.44. The Labute approximate surface area is 202 Å². The zero-order chi connectivity index (χ0) is 22.4. The van der Waals surface area contributed by atoms with Gasteiger partial charge in [0.15, 0.2) is 5.75 Å². The van der Waals surface area contributed by atoms with Gasteiger partial charge < -0.3 is 10.1 Å². The van der Waals surface area contributed by atoms with Crippen LogP contribution in [0.1, 0.15) is 16.7 Å². The molecule has 7 heteroatoms. The maximum atomic E-state index is 12.5. The molecule has 0 fully saturated rings. The molecule has 0 saturated carbocycles. The van der Waals surface area contributed by atoms with E-state index in [1.54, 1.807) is 18.2 Å². The maximum Gasteiger partial charge on any atom is 0.266 e. The summed E-state index contributed by atoms with van der Waals surface area (Å²) in [6.07, 6.45) is 1.49. The maximum absolute atomic E-state index is 12.5. The smallest absolute Gasteiger partial charge is 0.266 e. The highest BCUT2D eigenvalue weighted by molar-refractivity contribution is 9.10. The minimum absolute atomic E-state index is 0.0343. The number of nitriles is 1. The standard InChI is InChI=1S/C24H17Br2ClN2O2/c1-15-3-2-4-20(9-15)29-24(30)18(13-28)10-17-11-21(26)23(22(27)12-17)31-14-16-5-7-19(25)8-6-16/h2-12H,14H2,1H3,(H,29,30)/b18-10-. The lowest BCUT2D eigenvalue weighted by Crippen LogP contribution is -2.13. The summed E-state index contributed by atoms with van der Waals surface area (Å²) in [6.45, 7) is 2.28. The summed E-state index contributed by atoms with van der Waals surface area (Å²) < 4.78 is 7.48. The van der Waals surface area contributed by atoms with E-state index in [0.29, 0.717) is 33.1 Å². The third-order valence-electron chi connectivity index (χ3n) is 4.27. The average Bonchev–Trinajstić information content (AvgIpc) is 2.72. The Hall–Kier alpha value is -2.59. The monoisotopic (exact) mass is 558 g/mol. The number of carbonyl (C=O) groups excluding carboxylic acids is 1. The van der Waals surface area contributed by atoms with Crippen molar-refractivity contribution in [3.05, 3.63) is 96.9 Å². The number of aryl methyl sites for hydroxylation is 1. The molecule has 0 spiro atoms. The first-order chi connectivity index (χ1) is 14.9. The molecule has 1 amide bonds. The van der Waals surface area contributed by atoms with Crippen molar-refractivity contribution in [1.29, 1.82) is 5.26 Å². The Morgan fingerprint density at radius 1 is 1.16 bits per heavy atom. The number of nitrogens with zero attached hydrogens (tertiary/aromatic N) is 1. The van der Waals surface area contributed by atoms with E-state index < -0.39 is 5.91 Å². The number of rotatable bonds is 6. The Morgan fingerprint density at radius 3 is 2.55 bits per heavy atom. The molecule has 0 aliphatic heterocycles. The molecule has 0 heterocycles. The Morgan fingerprint density at radius 2 is 1.90 bits per heavy atom. The lowest BCUT2D eigenvalue weighted by molar-refractivity contribution is -0.112. The number of anilines is 1. The van der Waals surface area contributed by atoms with Gasteiger partial charge >= 0.3 is 0 Å². The SMILES string of the molecule is Cc1cccc(NC(=O)/C(C#N)=C\c2cc(Cl)c(OCc3ccc(Br)cc3)c(Br)c2)c1. The molecule has 0 aromatic heterocycles. The van der Waals surface area contributed by atoms with Crippen LogP contribution in [-0.4, -0.2) is 5.91 Å². The number of ether oxygens (including phenoxy) is 1. The molecule has 3 aromatic rings. The van der Waals surface area contributed by atoms with Crippen LogP contribution in [0.5, 0.6) is 5.75 Å². The van der Waals surface area contributed by atoms with Gasteiger partial charge in [-0.15, -0.1) is 0 Å².